The zero-order valence-electron chi connectivity index (χ0n) is 18.4. The van der Waals surface area contributed by atoms with Crippen LogP contribution >= 0.6 is 11.8 Å². The van der Waals surface area contributed by atoms with Crippen molar-refractivity contribution in [2.45, 2.75) is 18.6 Å². The lowest BCUT2D eigenvalue weighted by Gasteiger charge is -2.14. The van der Waals surface area contributed by atoms with Crippen LogP contribution in [0.15, 0.2) is 66.2 Å². The molecule has 1 N–H and O–H groups in total. The highest BCUT2D eigenvalue weighted by atomic mass is 32.2. The van der Waals surface area contributed by atoms with Crippen molar-refractivity contribution in [2.24, 2.45) is 4.99 Å². The Morgan fingerprint density at radius 1 is 1.24 bits per heavy atom. The number of carbonyl (C=O) groups is 3. The number of amides is 2. The van der Waals surface area contributed by atoms with E-state index in [1.165, 1.54) is 16.7 Å². The standard InChI is InChI=1S/C24H25N3O5S/c1-4-13-27-22(29)20(33-24(27)26-18-7-6-8-19(14-18)31-3)15-21(28)25-17-11-9-16(10-12-17)23(30)32-5-2/h4,6-12,14,20H,1,5,13,15H2,2-3H3,(H,25,28). The van der Waals surface area contributed by atoms with Crippen molar-refractivity contribution in [3.63, 3.8) is 0 Å². The van der Waals surface area contributed by atoms with Crippen LogP contribution < -0.4 is 10.1 Å². The smallest absolute Gasteiger partial charge is 0.338 e. The van der Waals surface area contributed by atoms with Crippen molar-refractivity contribution in [2.75, 3.05) is 25.6 Å². The molecule has 1 aliphatic rings. The van der Waals surface area contributed by atoms with Gasteiger partial charge in [-0.3, -0.25) is 14.5 Å². The zero-order chi connectivity index (χ0) is 23.8. The van der Waals surface area contributed by atoms with E-state index in [1.807, 2.05) is 18.2 Å². The third kappa shape index (κ3) is 6.23. The summed E-state index contributed by atoms with van der Waals surface area (Å²) in [5.41, 5.74) is 1.57. The van der Waals surface area contributed by atoms with Gasteiger partial charge in [-0.2, -0.15) is 0 Å². The van der Waals surface area contributed by atoms with Crippen LogP contribution in [0.1, 0.15) is 23.7 Å². The van der Waals surface area contributed by atoms with Crippen LogP contribution in [-0.2, 0) is 14.3 Å². The molecule has 0 bridgehead atoms. The van der Waals surface area contributed by atoms with Gasteiger partial charge in [0.2, 0.25) is 11.8 Å². The van der Waals surface area contributed by atoms with E-state index in [9.17, 15) is 14.4 Å². The molecule has 0 aromatic heterocycles. The third-order valence-corrected chi connectivity index (χ3v) is 5.84. The van der Waals surface area contributed by atoms with E-state index in [2.05, 4.69) is 16.9 Å². The van der Waals surface area contributed by atoms with Gasteiger partial charge in [-0.05, 0) is 43.3 Å². The number of nitrogens with one attached hydrogen (secondary N) is 1. The molecule has 3 rings (SSSR count). The lowest BCUT2D eigenvalue weighted by atomic mass is 10.2. The molecule has 8 nitrogen and oxygen atoms in total. The highest BCUT2D eigenvalue weighted by Crippen LogP contribution is 2.32. The second-order valence-corrected chi connectivity index (χ2v) is 8.16. The SMILES string of the molecule is C=CCN1C(=O)C(CC(=O)Nc2ccc(C(=O)OCC)cc2)SC1=Nc1cccc(OC)c1. The van der Waals surface area contributed by atoms with Gasteiger partial charge in [0.25, 0.3) is 0 Å². The van der Waals surface area contributed by atoms with Crippen molar-refractivity contribution < 1.29 is 23.9 Å². The molecule has 2 aromatic rings. The molecule has 0 radical (unpaired) electrons. The molecular weight excluding hydrogens is 442 g/mol. The first-order chi connectivity index (χ1) is 15.9. The predicted molar refractivity (Wildman–Crippen MR) is 129 cm³/mol. The predicted octanol–water partition coefficient (Wildman–Crippen LogP) is 4.02. The molecule has 0 spiro atoms. The number of hydrogen-bond donors (Lipinski definition) is 1. The Hall–Kier alpha value is -3.59. The van der Waals surface area contributed by atoms with Gasteiger partial charge in [-0.1, -0.05) is 23.9 Å². The fraction of sp³-hybridized carbons (Fsp3) is 0.250. The molecule has 1 fully saturated rings. The van der Waals surface area contributed by atoms with Crippen molar-refractivity contribution in [3.05, 3.63) is 66.7 Å². The van der Waals surface area contributed by atoms with E-state index in [0.29, 0.717) is 34.4 Å². The lowest BCUT2D eigenvalue weighted by Crippen LogP contribution is -2.33. The summed E-state index contributed by atoms with van der Waals surface area (Å²) in [6.45, 7) is 6.03. The van der Waals surface area contributed by atoms with Gasteiger partial charge in [0.1, 0.15) is 11.0 Å². The number of anilines is 1. The van der Waals surface area contributed by atoms with E-state index in [-0.39, 0.29) is 24.8 Å². The summed E-state index contributed by atoms with van der Waals surface area (Å²) in [6, 6.07) is 13.6. The molecule has 2 aromatic carbocycles. The molecule has 1 unspecified atom stereocenters. The highest BCUT2D eigenvalue weighted by Gasteiger charge is 2.38. The Kier molecular flexibility index (Phi) is 8.26. The van der Waals surface area contributed by atoms with Crippen molar-refractivity contribution >= 4 is 46.1 Å². The number of methoxy groups -OCH3 is 1. The van der Waals surface area contributed by atoms with E-state index in [0.717, 1.165) is 0 Å². The van der Waals surface area contributed by atoms with Crippen LogP contribution in [0.25, 0.3) is 0 Å². The largest absolute Gasteiger partial charge is 0.497 e. The normalized spacial score (nSPS) is 16.5. The fourth-order valence-electron chi connectivity index (χ4n) is 3.10. The van der Waals surface area contributed by atoms with Gasteiger partial charge in [0.15, 0.2) is 5.17 Å². The van der Waals surface area contributed by atoms with E-state index >= 15 is 0 Å². The number of benzene rings is 2. The Morgan fingerprint density at radius 2 is 2.00 bits per heavy atom. The van der Waals surface area contributed by atoms with E-state index in [1.54, 1.807) is 50.4 Å². The Morgan fingerprint density at radius 3 is 2.67 bits per heavy atom. The van der Waals surface area contributed by atoms with E-state index < -0.39 is 11.2 Å². The van der Waals surface area contributed by atoms with Gasteiger partial charge >= 0.3 is 5.97 Å². The first-order valence-electron chi connectivity index (χ1n) is 10.3. The van der Waals surface area contributed by atoms with Gasteiger partial charge in [-0.15, -0.1) is 6.58 Å². The van der Waals surface area contributed by atoms with Crippen LogP contribution in [0.2, 0.25) is 0 Å². The second kappa shape index (κ2) is 11.3. The van der Waals surface area contributed by atoms with Gasteiger partial charge in [0, 0.05) is 24.7 Å². The number of hydrogen-bond acceptors (Lipinski definition) is 7. The Labute approximate surface area is 196 Å². The number of thioether (sulfide) groups is 1. The maximum Gasteiger partial charge on any atom is 0.338 e. The summed E-state index contributed by atoms with van der Waals surface area (Å²) < 4.78 is 10.2. The summed E-state index contributed by atoms with van der Waals surface area (Å²) >= 11 is 1.24. The summed E-state index contributed by atoms with van der Waals surface area (Å²) in [4.78, 5) is 43.3. The Bertz CT molecular complexity index is 1070. The third-order valence-electron chi connectivity index (χ3n) is 4.66. The molecule has 2 amide bonds. The Balaban J connectivity index is 1.68. The molecule has 0 aliphatic carbocycles. The average molecular weight is 468 g/mol. The van der Waals surface area contributed by atoms with Gasteiger partial charge in [-0.25, -0.2) is 9.79 Å². The summed E-state index contributed by atoms with van der Waals surface area (Å²) in [6.07, 6.45) is 1.60. The summed E-state index contributed by atoms with van der Waals surface area (Å²) in [5, 5.41) is 2.66. The number of aliphatic imine (C=N–C) groups is 1. The summed E-state index contributed by atoms with van der Waals surface area (Å²) in [7, 11) is 1.57. The number of rotatable bonds is 9. The lowest BCUT2D eigenvalue weighted by molar-refractivity contribution is -0.127. The molecule has 1 saturated heterocycles. The monoisotopic (exact) mass is 467 g/mol. The van der Waals surface area contributed by atoms with Crippen LogP contribution in [0.4, 0.5) is 11.4 Å². The quantitative estimate of drug-likeness (QED) is 0.442. The topological polar surface area (TPSA) is 97.3 Å². The number of esters is 1. The van der Waals surface area contributed by atoms with Gasteiger partial charge in [0.05, 0.1) is 25.0 Å². The van der Waals surface area contributed by atoms with E-state index in [4.69, 9.17) is 9.47 Å². The van der Waals surface area contributed by atoms with Crippen molar-refractivity contribution in [1.29, 1.82) is 0 Å². The molecule has 33 heavy (non-hydrogen) atoms. The highest BCUT2D eigenvalue weighted by molar-refractivity contribution is 8.15. The first kappa shape index (κ1) is 24.1. The molecular formula is C24H25N3O5S. The minimum atomic E-state index is -0.604. The minimum absolute atomic E-state index is 0.0199. The second-order valence-electron chi connectivity index (χ2n) is 6.99. The van der Waals surface area contributed by atoms with Crippen LogP contribution in [-0.4, -0.2) is 53.4 Å². The van der Waals surface area contributed by atoms with Crippen molar-refractivity contribution in [3.8, 4) is 5.75 Å². The molecule has 172 valence electrons. The first-order valence-corrected chi connectivity index (χ1v) is 11.2. The van der Waals surface area contributed by atoms with Crippen LogP contribution in [0.3, 0.4) is 0 Å². The van der Waals surface area contributed by atoms with Gasteiger partial charge < -0.3 is 14.8 Å². The average Bonchev–Trinajstić information content (AvgIpc) is 3.08. The number of carbonyl (C=O) groups excluding carboxylic acids is 3. The number of ether oxygens (including phenoxy) is 2. The maximum atomic E-state index is 12.9. The van der Waals surface area contributed by atoms with Crippen LogP contribution in [0, 0.1) is 0 Å². The zero-order valence-corrected chi connectivity index (χ0v) is 19.3. The molecule has 1 heterocycles. The summed E-state index contributed by atoms with van der Waals surface area (Å²) in [5.74, 6) is -0.278. The number of amidine groups is 1. The molecule has 1 aliphatic heterocycles. The molecule has 1 atom stereocenters. The molecule has 9 heteroatoms. The maximum absolute atomic E-state index is 12.9. The van der Waals surface area contributed by atoms with Crippen LogP contribution in [0.5, 0.6) is 5.75 Å². The molecule has 0 saturated carbocycles. The number of nitrogens with zero attached hydrogens (tertiary/aromatic N) is 2. The van der Waals surface area contributed by atoms with Crippen molar-refractivity contribution in [1.82, 2.24) is 4.90 Å². The minimum Gasteiger partial charge on any atom is -0.497 e. The fourth-order valence-corrected chi connectivity index (χ4v) is 4.26.